The maximum atomic E-state index is 11.8. The van der Waals surface area contributed by atoms with Crippen molar-refractivity contribution in [2.45, 2.75) is 26.0 Å². The van der Waals surface area contributed by atoms with E-state index in [1.165, 1.54) is 0 Å². The SMILES string of the molecule is Cc1ccc(NS(=O)(=O)C(C)C)c(C#CCO)c1. The van der Waals surface area contributed by atoms with Gasteiger partial charge in [-0.2, -0.15) is 0 Å². The molecule has 2 N–H and O–H groups in total. The van der Waals surface area contributed by atoms with Gasteiger partial charge in [0.05, 0.1) is 10.9 Å². The Morgan fingerprint density at radius 1 is 1.39 bits per heavy atom. The summed E-state index contributed by atoms with van der Waals surface area (Å²) in [6, 6.07) is 5.26. The Morgan fingerprint density at radius 2 is 2.06 bits per heavy atom. The summed E-state index contributed by atoms with van der Waals surface area (Å²) < 4.78 is 26.1. The van der Waals surface area contributed by atoms with Crippen LogP contribution in [-0.2, 0) is 10.0 Å². The number of benzene rings is 1. The van der Waals surface area contributed by atoms with Crippen molar-refractivity contribution in [1.82, 2.24) is 0 Å². The third kappa shape index (κ3) is 3.76. The van der Waals surface area contributed by atoms with Crippen LogP contribution < -0.4 is 4.72 Å². The van der Waals surface area contributed by atoms with Gasteiger partial charge in [0.1, 0.15) is 6.61 Å². The Hall–Kier alpha value is -1.51. The van der Waals surface area contributed by atoms with E-state index in [2.05, 4.69) is 16.6 Å². The molecule has 0 unspecified atom stereocenters. The van der Waals surface area contributed by atoms with E-state index in [4.69, 9.17) is 5.11 Å². The lowest BCUT2D eigenvalue weighted by Gasteiger charge is -2.12. The van der Waals surface area contributed by atoms with Crippen molar-refractivity contribution >= 4 is 15.7 Å². The number of aliphatic hydroxyl groups is 1. The van der Waals surface area contributed by atoms with Gasteiger partial charge in [0, 0.05) is 5.56 Å². The number of anilines is 1. The Balaban J connectivity index is 3.17. The average molecular weight is 267 g/mol. The van der Waals surface area contributed by atoms with Crippen LogP contribution in [0.1, 0.15) is 25.0 Å². The average Bonchev–Trinajstić information content (AvgIpc) is 2.29. The first-order valence-electron chi connectivity index (χ1n) is 5.59. The quantitative estimate of drug-likeness (QED) is 0.815. The highest BCUT2D eigenvalue weighted by Crippen LogP contribution is 2.19. The van der Waals surface area contributed by atoms with Gasteiger partial charge in [0.15, 0.2) is 0 Å². The molecule has 0 heterocycles. The molecular formula is C13H17NO3S. The van der Waals surface area contributed by atoms with E-state index in [9.17, 15) is 8.42 Å². The largest absolute Gasteiger partial charge is 0.384 e. The lowest BCUT2D eigenvalue weighted by atomic mass is 10.1. The molecule has 0 aliphatic heterocycles. The predicted molar refractivity (Wildman–Crippen MR) is 72.8 cm³/mol. The Kier molecular flexibility index (Phi) is 4.76. The fourth-order valence-corrected chi connectivity index (χ4v) is 1.98. The molecule has 0 aromatic heterocycles. The van der Waals surface area contributed by atoms with Crippen molar-refractivity contribution in [2.75, 3.05) is 11.3 Å². The minimum atomic E-state index is -3.39. The first-order chi connectivity index (χ1) is 8.36. The van der Waals surface area contributed by atoms with E-state index in [-0.39, 0.29) is 6.61 Å². The number of aliphatic hydroxyl groups excluding tert-OH is 1. The maximum absolute atomic E-state index is 11.8. The van der Waals surface area contributed by atoms with Gasteiger partial charge in [0.25, 0.3) is 0 Å². The second-order valence-corrected chi connectivity index (χ2v) is 6.44. The summed E-state index contributed by atoms with van der Waals surface area (Å²) in [4.78, 5) is 0. The predicted octanol–water partition coefficient (Wildman–Crippen LogP) is 1.49. The molecule has 1 aromatic rings. The lowest BCUT2D eigenvalue weighted by Crippen LogP contribution is -2.23. The maximum Gasteiger partial charge on any atom is 0.235 e. The lowest BCUT2D eigenvalue weighted by molar-refractivity contribution is 0.350. The molecule has 0 radical (unpaired) electrons. The van der Waals surface area contributed by atoms with Crippen LogP contribution in [0.3, 0.4) is 0 Å². The Bertz CT molecular complexity index is 580. The number of hydrogen-bond acceptors (Lipinski definition) is 3. The van der Waals surface area contributed by atoms with Crippen LogP contribution in [0, 0.1) is 18.8 Å². The number of aryl methyl sites for hydroxylation is 1. The van der Waals surface area contributed by atoms with Crippen LogP contribution in [0.2, 0.25) is 0 Å². The van der Waals surface area contributed by atoms with Gasteiger partial charge >= 0.3 is 0 Å². The molecule has 0 bridgehead atoms. The van der Waals surface area contributed by atoms with Crippen LogP contribution in [0.4, 0.5) is 5.69 Å². The van der Waals surface area contributed by atoms with Gasteiger partial charge in [-0.15, -0.1) is 0 Å². The fraction of sp³-hybridized carbons (Fsp3) is 0.385. The van der Waals surface area contributed by atoms with Crippen molar-refractivity contribution in [2.24, 2.45) is 0 Å². The molecule has 5 heteroatoms. The summed E-state index contributed by atoms with van der Waals surface area (Å²) in [5, 5.41) is 8.18. The fourth-order valence-electron chi connectivity index (χ4n) is 1.26. The third-order valence-electron chi connectivity index (χ3n) is 2.35. The van der Waals surface area contributed by atoms with Crippen LogP contribution >= 0.6 is 0 Å². The molecule has 0 amide bonds. The molecule has 1 rings (SSSR count). The number of sulfonamides is 1. The molecule has 0 atom stereocenters. The molecule has 0 aliphatic carbocycles. The topological polar surface area (TPSA) is 66.4 Å². The third-order valence-corrected chi connectivity index (χ3v) is 4.10. The van der Waals surface area contributed by atoms with E-state index in [0.717, 1.165) is 5.56 Å². The molecule has 4 nitrogen and oxygen atoms in total. The minimum Gasteiger partial charge on any atom is -0.384 e. The number of hydrogen-bond donors (Lipinski definition) is 2. The minimum absolute atomic E-state index is 0.260. The van der Waals surface area contributed by atoms with Gasteiger partial charge in [-0.25, -0.2) is 8.42 Å². The zero-order chi connectivity index (χ0) is 13.8. The number of rotatable bonds is 3. The van der Waals surface area contributed by atoms with Crippen LogP contribution in [0.5, 0.6) is 0 Å². The van der Waals surface area contributed by atoms with Gasteiger partial charge in [-0.05, 0) is 38.5 Å². The van der Waals surface area contributed by atoms with Crippen LogP contribution in [0.25, 0.3) is 0 Å². The number of nitrogens with one attached hydrogen (secondary N) is 1. The van der Waals surface area contributed by atoms with E-state index in [0.29, 0.717) is 11.3 Å². The zero-order valence-electron chi connectivity index (χ0n) is 10.7. The van der Waals surface area contributed by atoms with Gasteiger partial charge in [-0.1, -0.05) is 17.9 Å². The molecule has 1 aromatic carbocycles. The van der Waals surface area contributed by atoms with Crippen molar-refractivity contribution in [3.05, 3.63) is 29.3 Å². The first kappa shape index (κ1) is 14.6. The molecule has 0 spiro atoms. The highest BCUT2D eigenvalue weighted by atomic mass is 32.2. The summed E-state index contributed by atoms with van der Waals surface area (Å²) in [6.07, 6.45) is 0. The van der Waals surface area contributed by atoms with Crippen molar-refractivity contribution < 1.29 is 13.5 Å². The molecule has 0 aliphatic rings. The van der Waals surface area contributed by atoms with Crippen molar-refractivity contribution in [1.29, 1.82) is 0 Å². The molecule has 0 saturated heterocycles. The van der Waals surface area contributed by atoms with E-state index in [1.807, 2.05) is 13.0 Å². The Labute approximate surface area is 108 Å². The molecule has 98 valence electrons. The summed E-state index contributed by atoms with van der Waals surface area (Å²) in [6.45, 7) is 4.85. The highest BCUT2D eigenvalue weighted by Gasteiger charge is 2.16. The molecule has 0 fully saturated rings. The van der Waals surface area contributed by atoms with Gasteiger partial charge in [-0.3, -0.25) is 4.72 Å². The Morgan fingerprint density at radius 3 is 2.61 bits per heavy atom. The van der Waals surface area contributed by atoms with Crippen molar-refractivity contribution in [3.63, 3.8) is 0 Å². The summed E-state index contributed by atoms with van der Waals surface area (Å²) >= 11 is 0. The van der Waals surface area contributed by atoms with Crippen LogP contribution in [-0.4, -0.2) is 25.4 Å². The summed E-state index contributed by atoms with van der Waals surface area (Å²) in [5.41, 5.74) is 1.98. The molecular weight excluding hydrogens is 250 g/mol. The molecule has 18 heavy (non-hydrogen) atoms. The highest BCUT2D eigenvalue weighted by molar-refractivity contribution is 7.93. The van der Waals surface area contributed by atoms with Gasteiger partial charge in [0.2, 0.25) is 10.0 Å². The zero-order valence-corrected chi connectivity index (χ0v) is 11.5. The smallest absolute Gasteiger partial charge is 0.235 e. The van der Waals surface area contributed by atoms with E-state index in [1.54, 1.807) is 26.0 Å². The summed E-state index contributed by atoms with van der Waals surface area (Å²) in [5.74, 6) is 5.26. The normalized spacial score (nSPS) is 10.9. The van der Waals surface area contributed by atoms with Crippen LogP contribution in [0.15, 0.2) is 18.2 Å². The second-order valence-electron chi connectivity index (χ2n) is 4.20. The first-order valence-corrected chi connectivity index (χ1v) is 7.13. The molecule has 0 saturated carbocycles. The monoisotopic (exact) mass is 267 g/mol. The van der Waals surface area contributed by atoms with E-state index < -0.39 is 15.3 Å². The second kappa shape index (κ2) is 5.89. The standard InChI is InChI=1S/C13H17NO3S/c1-10(2)18(16,17)14-13-7-6-11(3)9-12(13)5-4-8-15/h6-7,9-10,14-15H,8H2,1-3H3. The summed E-state index contributed by atoms with van der Waals surface area (Å²) in [7, 11) is -3.39. The van der Waals surface area contributed by atoms with E-state index >= 15 is 0 Å². The van der Waals surface area contributed by atoms with Crippen molar-refractivity contribution in [3.8, 4) is 11.8 Å². The van der Waals surface area contributed by atoms with Gasteiger partial charge < -0.3 is 5.11 Å².